The van der Waals surface area contributed by atoms with Crippen molar-refractivity contribution in [1.29, 1.82) is 0 Å². The van der Waals surface area contributed by atoms with Crippen molar-refractivity contribution in [3.05, 3.63) is 72.1 Å². The topological polar surface area (TPSA) is 101 Å². The Balaban J connectivity index is 1.29. The quantitative estimate of drug-likeness (QED) is 0.530. The number of benzene rings is 1. The first-order valence-electron chi connectivity index (χ1n) is 14.1. The normalized spacial score (nSPS) is 29.6. The molecule has 1 aromatic carbocycles. The minimum Gasteiger partial charge on any atom is -0.359 e. The highest BCUT2D eigenvalue weighted by molar-refractivity contribution is 6.02. The van der Waals surface area contributed by atoms with Crippen LogP contribution in [0.1, 0.15) is 63.0 Å². The number of pyridine rings is 1. The molecular formula is C31H36N4O4. The molecular weight excluding hydrogens is 492 g/mol. The van der Waals surface area contributed by atoms with Crippen LogP contribution in [-0.2, 0) is 25.7 Å². The Bertz CT molecular complexity index is 1270. The lowest BCUT2D eigenvalue weighted by molar-refractivity contribution is -0.142. The Labute approximate surface area is 229 Å². The highest BCUT2D eigenvalue weighted by Gasteiger charge is 2.72. The van der Waals surface area contributed by atoms with Gasteiger partial charge in [0.1, 0.15) is 11.6 Å². The number of amides is 3. The molecule has 4 aliphatic rings. The van der Waals surface area contributed by atoms with Crippen molar-refractivity contribution in [2.45, 2.75) is 82.2 Å². The predicted octanol–water partition coefficient (Wildman–Crippen LogP) is 3.94. The summed E-state index contributed by atoms with van der Waals surface area (Å²) in [6.45, 7) is 4.46. The Morgan fingerprint density at radius 3 is 2.56 bits per heavy atom. The molecule has 0 radical (unpaired) electrons. The molecule has 8 heteroatoms. The van der Waals surface area contributed by atoms with E-state index in [0.717, 1.165) is 31.2 Å². The van der Waals surface area contributed by atoms with Gasteiger partial charge in [-0.2, -0.15) is 0 Å². The van der Waals surface area contributed by atoms with E-state index < -0.39 is 29.6 Å². The van der Waals surface area contributed by atoms with Crippen molar-refractivity contribution in [1.82, 2.24) is 15.2 Å². The lowest BCUT2D eigenvalue weighted by Crippen LogP contribution is -2.56. The minimum atomic E-state index is -1.17. The van der Waals surface area contributed by atoms with Crippen LogP contribution in [0.3, 0.4) is 0 Å². The van der Waals surface area contributed by atoms with Crippen molar-refractivity contribution in [3.63, 3.8) is 0 Å². The number of nitrogens with zero attached hydrogens (tertiary/aromatic N) is 2. The first-order valence-corrected chi connectivity index (χ1v) is 14.1. The fourth-order valence-electron chi connectivity index (χ4n) is 6.83. The van der Waals surface area contributed by atoms with Crippen LogP contribution in [0.4, 0.5) is 5.69 Å². The van der Waals surface area contributed by atoms with Gasteiger partial charge in [0.2, 0.25) is 17.7 Å². The van der Waals surface area contributed by atoms with Gasteiger partial charge in [0.05, 0.1) is 17.9 Å². The van der Waals surface area contributed by atoms with Crippen LogP contribution in [0.5, 0.6) is 0 Å². The molecule has 1 aliphatic carbocycles. The molecule has 2 aromatic rings. The molecule has 1 spiro atoms. The molecule has 0 unspecified atom stereocenters. The lowest BCUT2D eigenvalue weighted by atomic mass is 9.74. The first-order chi connectivity index (χ1) is 18.9. The van der Waals surface area contributed by atoms with Crippen LogP contribution in [0.15, 0.2) is 60.9 Å². The smallest absolute Gasteiger partial charge is 0.246 e. The number of carbonyl (C=O) groups excluding carboxylic acids is 3. The zero-order chi connectivity index (χ0) is 27.1. The Morgan fingerprint density at radius 2 is 1.87 bits per heavy atom. The van der Waals surface area contributed by atoms with E-state index in [9.17, 15) is 14.4 Å². The number of likely N-dealkylation sites (tertiary alicyclic amines) is 1. The van der Waals surface area contributed by atoms with Gasteiger partial charge >= 0.3 is 0 Å². The summed E-state index contributed by atoms with van der Waals surface area (Å²) < 4.78 is 6.46. The summed E-state index contributed by atoms with van der Waals surface area (Å²) in [6.07, 6.45) is 11.8. The Morgan fingerprint density at radius 1 is 1.10 bits per heavy atom. The zero-order valence-electron chi connectivity index (χ0n) is 22.5. The third-order valence-corrected chi connectivity index (χ3v) is 8.80. The van der Waals surface area contributed by atoms with E-state index in [2.05, 4.69) is 29.5 Å². The average Bonchev–Trinajstić information content (AvgIpc) is 3.58. The van der Waals surface area contributed by atoms with E-state index in [-0.39, 0.29) is 30.3 Å². The molecule has 3 aliphatic heterocycles. The summed E-state index contributed by atoms with van der Waals surface area (Å²) in [7, 11) is 0. The molecule has 39 heavy (non-hydrogen) atoms. The van der Waals surface area contributed by atoms with E-state index >= 15 is 0 Å². The van der Waals surface area contributed by atoms with Crippen molar-refractivity contribution in [3.8, 4) is 0 Å². The number of fused-ring (bicyclic) bond motifs is 1. The molecule has 8 nitrogen and oxygen atoms in total. The molecule has 3 amide bonds. The SMILES string of the molecule is CC(C)c1ccc(NC(=O)[C@@H]2[C@H]3C=C[C@@]4(O3)[C@H]2C(=O)N(Cc2cccnc2)[C@@H]4C(=O)NC2CCCCC2)cc1. The summed E-state index contributed by atoms with van der Waals surface area (Å²) in [6, 6.07) is 10.7. The molecule has 5 atom stereocenters. The van der Waals surface area contributed by atoms with Gasteiger partial charge in [0.15, 0.2) is 0 Å². The molecule has 2 saturated heterocycles. The highest BCUT2D eigenvalue weighted by Crippen LogP contribution is 2.55. The van der Waals surface area contributed by atoms with E-state index in [1.54, 1.807) is 17.3 Å². The Hall–Kier alpha value is -3.52. The third kappa shape index (κ3) is 4.54. The third-order valence-electron chi connectivity index (χ3n) is 8.80. The summed E-state index contributed by atoms with van der Waals surface area (Å²) >= 11 is 0. The highest BCUT2D eigenvalue weighted by atomic mass is 16.5. The molecule has 3 fully saturated rings. The monoisotopic (exact) mass is 528 g/mol. The number of rotatable bonds is 7. The second kappa shape index (κ2) is 10.2. The van der Waals surface area contributed by atoms with Gasteiger partial charge in [-0.25, -0.2) is 0 Å². The van der Waals surface area contributed by atoms with Crippen LogP contribution >= 0.6 is 0 Å². The average molecular weight is 529 g/mol. The molecule has 1 aromatic heterocycles. The van der Waals surface area contributed by atoms with Gasteiger partial charge in [0.25, 0.3) is 0 Å². The predicted molar refractivity (Wildman–Crippen MR) is 146 cm³/mol. The summed E-state index contributed by atoms with van der Waals surface area (Å²) in [5, 5.41) is 6.23. The van der Waals surface area contributed by atoms with Gasteiger partial charge < -0.3 is 20.3 Å². The van der Waals surface area contributed by atoms with E-state index in [4.69, 9.17) is 4.74 Å². The van der Waals surface area contributed by atoms with Crippen LogP contribution < -0.4 is 10.6 Å². The maximum absolute atomic E-state index is 14.1. The number of hydrogen-bond donors (Lipinski definition) is 2. The summed E-state index contributed by atoms with van der Waals surface area (Å²) in [5.74, 6) is -1.83. The van der Waals surface area contributed by atoms with E-state index in [1.165, 1.54) is 12.0 Å². The summed E-state index contributed by atoms with van der Waals surface area (Å²) in [4.78, 5) is 47.5. The maximum Gasteiger partial charge on any atom is 0.246 e. The van der Waals surface area contributed by atoms with Crippen molar-refractivity contribution < 1.29 is 19.1 Å². The molecule has 1 saturated carbocycles. The van der Waals surface area contributed by atoms with Crippen LogP contribution in [0, 0.1) is 11.8 Å². The fraction of sp³-hybridized carbons (Fsp3) is 0.484. The molecule has 4 heterocycles. The van der Waals surface area contributed by atoms with Gasteiger partial charge in [-0.15, -0.1) is 0 Å². The van der Waals surface area contributed by atoms with E-state index in [0.29, 0.717) is 11.6 Å². The van der Waals surface area contributed by atoms with Crippen molar-refractivity contribution >= 4 is 23.4 Å². The van der Waals surface area contributed by atoms with Crippen molar-refractivity contribution in [2.24, 2.45) is 11.8 Å². The molecule has 2 N–H and O–H groups in total. The number of anilines is 1. The van der Waals surface area contributed by atoms with Crippen LogP contribution in [0.25, 0.3) is 0 Å². The number of ether oxygens (including phenoxy) is 1. The van der Waals surface area contributed by atoms with Crippen LogP contribution in [0.2, 0.25) is 0 Å². The molecule has 6 rings (SSSR count). The van der Waals surface area contributed by atoms with Gasteiger partial charge in [-0.05, 0) is 48.1 Å². The number of aromatic nitrogens is 1. The molecule has 2 bridgehead atoms. The largest absolute Gasteiger partial charge is 0.359 e. The number of hydrogen-bond acceptors (Lipinski definition) is 5. The number of nitrogens with one attached hydrogen (secondary N) is 2. The van der Waals surface area contributed by atoms with Crippen molar-refractivity contribution in [2.75, 3.05) is 5.32 Å². The van der Waals surface area contributed by atoms with Gasteiger partial charge in [-0.3, -0.25) is 19.4 Å². The van der Waals surface area contributed by atoms with E-state index in [1.807, 2.05) is 48.6 Å². The Kier molecular flexibility index (Phi) is 6.75. The van der Waals surface area contributed by atoms with Crippen LogP contribution in [-0.4, -0.2) is 51.4 Å². The summed E-state index contributed by atoms with van der Waals surface area (Å²) in [5.41, 5.74) is 1.51. The fourth-order valence-corrected chi connectivity index (χ4v) is 6.83. The number of carbonyl (C=O) groups is 3. The minimum absolute atomic E-state index is 0.0903. The second-order valence-corrected chi connectivity index (χ2v) is 11.6. The second-order valence-electron chi connectivity index (χ2n) is 11.6. The zero-order valence-corrected chi connectivity index (χ0v) is 22.5. The lowest BCUT2D eigenvalue weighted by Gasteiger charge is -2.34. The standard InChI is InChI=1S/C31H36N4O4/c1-19(2)21-10-12-23(13-11-21)33-28(36)25-24-14-15-31(39-24)26(25)30(38)35(18-20-7-6-16-32-17-20)27(31)29(37)34-22-8-4-3-5-9-22/h6-7,10-17,19,22,24-27H,3-5,8-9,18H2,1-2H3,(H,33,36)(H,34,37)/t24-,25-,26-,27-,31-/m1/s1. The van der Waals surface area contributed by atoms with Gasteiger partial charge in [-0.1, -0.05) is 63.5 Å². The first kappa shape index (κ1) is 25.7. The molecule has 204 valence electrons. The maximum atomic E-state index is 14.1. The van der Waals surface area contributed by atoms with Gasteiger partial charge in [0, 0.05) is 30.7 Å².